The molecule has 0 aliphatic carbocycles. The van der Waals surface area contributed by atoms with Crippen LogP contribution in [0, 0.1) is 11.3 Å². The zero-order chi connectivity index (χ0) is 24.9. The van der Waals surface area contributed by atoms with Gasteiger partial charge in [0.15, 0.2) is 6.73 Å². The molecule has 176 valence electrons. The van der Waals surface area contributed by atoms with Crippen LogP contribution < -0.4 is 10.9 Å². The van der Waals surface area contributed by atoms with Gasteiger partial charge in [-0.05, 0) is 66.2 Å². The molecule has 4 aromatic rings. The summed E-state index contributed by atoms with van der Waals surface area (Å²) in [6.07, 6.45) is 1.53. The highest BCUT2D eigenvalue weighted by molar-refractivity contribution is 6.30. The van der Waals surface area contributed by atoms with Crippen LogP contribution in [0.5, 0.6) is 0 Å². The Labute approximate surface area is 205 Å². The average Bonchev–Trinajstić information content (AvgIpc) is 3.33. The van der Waals surface area contributed by atoms with Crippen molar-refractivity contribution in [3.05, 3.63) is 81.7 Å². The standard InChI is InChI=1S/C24H20ClN7O3/c1-15(31-10-9-17(11-22(31)33)21-12-19(25)6-3-18(21)13-26)24(34)27-20-7-4-16(5-8-20)23-28-30-32(29-23)14-35-2/h3-12,15H,14H2,1-2H3,(H,27,34). The van der Waals surface area contributed by atoms with Crippen LogP contribution in [0.15, 0.2) is 65.6 Å². The molecule has 2 aromatic heterocycles. The third kappa shape index (κ3) is 5.27. The van der Waals surface area contributed by atoms with Crippen LogP contribution in [0.2, 0.25) is 5.02 Å². The fourth-order valence-corrected chi connectivity index (χ4v) is 3.61. The van der Waals surface area contributed by atoms with E-state index in [0.29, 0.717) is 33.2 Å². The number of nitriles is 1. The van der Waals surface area contributed by atoms with Gasteiger partial charge in [0, 0.05) is 41.2 Å². The number of pyridine rings is 1. The summed E-state index contributed by atoms with van der Waals surface area (Å²) >= 11 is 6.06. The Hall–Kier alpha value is -4.33. The molecule has 35 heavy (non-hydrogen) atoms. The van der Waals surface area contributed by atoms with E-state index < -0.39 is 6.04 Å². The molecule has 0 spiro atoms. The van der Waals surface area contributed by atoms with Crippen LogP contribution in [0.25, 0.3) is 22.5 Å². The lowest BCUT2D eigenvalue weighted by atomic mass is 10.0. The summed E-state index contributed by atoms with van der Waals surface area (Å²) in [5.74, 6) is 0.0661. The first-order chi connectivity index (χ1) is 16.9. The number of nitrogens with one attached hydrogen (secondary N) is 1. The molecule has 1 unspecified atom stereocenters. The smallest absolute Gasteiger partial charge is 0.251 e. The second kappa shape index (κ2) is 10.3. The lowest BCUT2D eigenvalue weighted by molar-refractivity contribution is -0.118. The minimum atomic E-state index is -0.776. The van der Waals surface area contributed by atoms with Gasteiger partial charge in [-0.25, -0.2) is 0 Å². The van der Waals surface area contributed by atoms with Crippen molar-refractivity contribution in [2.45, 2.75) is 19.7 Å². The number of aromatic nitrogens is 5. The van der Waals surface area contributed by atoms with Crippen molar-refractivity contribution >= 4 is 23.2 Å². The number of tetrazole rings is 1. The maximum atomic E-state index is 12.8. The van der Waals surface area contributed by atoms with E-state index in [4.69, 9.17) is 16.3 Å². The molecule has 1 N–H and O–H groups in total. The summed E-state index contributed by atoms with van der Waals surface area (Å²) in [7, 11) is 1.54. The van der Waals surface area contributed by atoms with E-state index in [1.807, 2.05) is 0 Å². The van der Waals surface area contributed by atoms with Crippen molar-refractivity contribution in [3.8, 4) is 28.6 Å². The Morgan fingerprint density at radius 2 is 1.94 bits per heavy atom. The maximum Gasteiger partial charge on any atom is 0.251 e. The van der Waals surface area contributed by atoms with Crippen LogP contribution in [0.4, 0.5) is 5.69 Å². The minimum Gasteiger partial charge on any atom is -0.361 e. The zero-order valence-electron chi connectivity index (χ0n) is 18.8. The van der Waals surface area contributed by atoms with E-state index in [-0.39, 0.29) is 18.2 Å². The molecular weight excluding hydrogens is 470 g/mol. The van der Waals surface area contributed by atoms with Crippen molar-refractivity contribution in [2.24, 2.45) is 0 Å². The van der Waals surface area contributed by atoms with Crippen molar-refractivity contribution < 1.29 is 9.53 Å². The Kier molecular flexibility index (Phi) is 7.01. The van der Waals surface area contributed by atoms with Gasteiger partial charge in [0.2, 0.25) is 11.7 Å². The average molecular weight is 490 g/mol. The highest BCUT2D eigenvalue weighted by Gasteiger charge is 2.17. The van der Waals surface area contributed by atoms with Crippen LogP contribution in [0.1, 0.15) is 18.5 Å². The number of hydrogen-bond acceptors (Lipinski definition) is 7. The number of carbonyl (C=O) groups excluding carboxylic acids is 1. The normalized spacial score (nSPS) is 11.6. The number of methoxy groups -OCH3 is 1. The van der Waals surface area contributed by atoms with E-state index in [1.54, 1.807) is 55.5 Å². The fraction of sp³-hybridized carbons (Fsp3) is 0.167. The third-order valence-corrected chi connectivity index (χ3v) is 5.50. The van der Waals surface area contributed by atoms with Crippen LogP contribution in [-0.4, -0.2) is 37.8 Å². The predicted octanol–water partition coefficient (Wildman–Crippen LogP) is 3.50. The van der Waals surface area contributed by atoms with Crippen molar-refractivity contribution in [2.75, 3.05) is 12.4 Å². The highest BCUT2D eigenvalue weighted by atomic mass is 35.5. The lowest BCUT2D eigenvalue weighted by Crippen LogP contribution is -2.30. The van der Waals surface area contributed by atoms with Gasteiger partial charge in [-0.15, -0.1) is 15.0 Å². The van der Waals surface area contributed by atoms with E-state index in [9.17, 15) is 14.9 Å². The number of benzene rings is 2. The molecule has 11 heteroatoms. The molecule has 10 nitrogen and oxygen atoms in total. The summed E-state index contributed by atoms with van der Waals surface area (Å²) in [5.41, 5.74) is 2.40. The molecule has 0 fully saturated rings. The topological polar surface area (TPSA) is 128 Å². The summed E-state index contributed by atoms with van der Waals surface area (Å²) in [4.78, 5) is 26.9. The zero-order valence-corrected chi connectivity index (χ0v) is 19.6. The quantitative estimate of drug-likeness (QED) is 0.420. The molecule has 0 radical (unpaired) electrons. The Morgan fingerprint density at radius 3 is 2.63 bits per heavy atom. The molecule has 0 saturated heterocycles. The highest BCUT2D eigenvalue weighted by Crippen LogP contribution is 2.26. The molecule has 2 aromatic carbocycles. The first kappa shape index (κ1) is 23.8. The number of hydrogen-bond donors (Lipinski definition) is 1. The molecule has 0 saturated carbocycles. The minimum absolute atomic E-state index is 0.192. The van der Waals surface area contributed by atoms with E-state index >= 15 is 0 Å². The Morgan fingerprint density at radius 1 is 1.17 bits per heavy atom. The molecular formula is C24H20ClN7O3. The van der Waals surface area contributed by atoms with Gasteiger partial charge in [0.25, 0.3) is 5.56 Å². The number of carbonyl (C=O) groups is 1. The predicted molar refractivity (Wildman–Crippen MR) is 129 cm³/mol. The van der Waals surface area contributed by atoms with Crippen LogP contribution in [-0.2, 0) is 16.3 Å². The van der Waals surface area contributed by atoms with Gasteiger partial charge >= 0.3 is 0 Å². The van der Waals surface area contributed by atoms with Gasteiger partial charge < -0.3 is 14.6 Å². The van der Waals surface area contributed by atoms with Crippen LogP contribution >= 0.6 is 11.6 Å². The number of nitrogens with zero attached hydrogens (tertiary/aromatic N) is 6. The summed E-state index contributed by atoms with van der Waals surface area (Å²) in [6.45, 7) is 1.82. The van der Waals surface area contributed by atoms with Gasteiger partial charge in [-0.3, -0.25) is 9.59 Å². The summed E-state index contributed by atoms with van der Waals surface area (Å²) in [6, 6.07) is 16.2. The molecule has 0 aliphatic heterocycles. The maximum absolute atomic E-state index is 12.8. The Bertz CT molecular complexity index is 1470. The number of rotatable bonds is 7. The summed E-state index contributed by atoms with van der Waals surface area (Å²) in [5, 5.41) is 24.7. The number of anilines is 1. The first-order valence-corrected chi connectivity index (χ1v) is 10.9. The van der Waals surface area contributed by atoms with Gasteiger partial charge in [-0.1, -0.05) is 11.6 Å². The van der Waals surface area contributed by atoms with Gasteiger partial charge in [0.05, 0.1) is 11.6 Å². The monoisotopic (exact) mass is 489 g/mol. The van der Waals surface area contributed by atoms with Crippen molar-refractivity contribution in [1.82, 2.24) is 24.8 Å². The SMILES string of the molecule is COCn1nnc(-c2ccc(NC(=O)C(C)n3ccc(-c4cc(Cl)ccc4C#N)cc3=O)cc2)n1. The van der Waals surface area contributed by atoms with E-state index in [2.05, 4.69) is 26.8 Å². The lowest BCUT2D eigenvalue weighted by Gasteiger charge is -2.16. The van der Waals surface area contributed by atoms with E-state index in [1.165, 1.54) is 28.7 Å². The Balaban J connectivity index is 1.48. The first-order valence-electron chi connectivity index (χ1n) is 10.5. The second-order valence-corrected chi connectivity index (χ2v) is 8.04. The fourth-order valence-electron chi connectivity index (χ4n) is 3.43. The van der Waals surface area contributed by atoms with E-state index in [0.717, 1.165) is 5.56 Å². The largest absolute Gasteiger partial charge is 0.361 e. The molecule has 4 rings (SSSR count). The van der Waals surface area contributed by atoms with Gasteiger partial charge in [0.1, 0.15) is 6.04 Å². The van der Waals surface area contributed by atoms with Gasteiger partial charge in [-0.2, -0.15) is 5.26 Å². The molecule has 0 bridgehead atoms. The van der Waals surface area contributed by atoms with Crippen molar-refractivity contribution in [1.29, 1.82) is 5.26 Å². The number of amides is 1. The van der Waals surface area contributed by atoms with Crippen LogP contribution in [0.3, 0.4) is 0 Å². The molecule has 0 aliphatic rings. The second-order valence-electron chi connectivity index (χ2n) is 7.61. The molecule has 1 amide bonds. The molecule has 2 heterocycles. The third-order valence-electron chi connectivity index (χ3n) is 5.27. The summed E-state index contributed by atoms with van der Waals surface area (Å²) < 4.78 is 6.28. The van der Waals surface area contributed by atoms with Crippen molar-refractivity contribution in [3.63, 3.8) is 0 Å². The number of ether oxygens (including phenoxy) is 1. The molecule has 1 atom stereocenters. The number of halogens is 1.